The molecule has 1 aromatic carbocycles. The highest BCUT2D eigenvalue weighted by atomic mass is 32.2. The van der Waals surface area contributed by atoms with E-state index < -0.39 is 0 Å². The molecule has 0 bridgehead atoms. The average molecular weight is 205 g/mol. The Bertz CT molecular complexity index is 443. The molecule has 0 spiro atoms. The molecule has 0 amide bonds. The number of fused-ring (bicyclic) bond motifs is 1. The van der Waals surface area contributed by atoms with Crippen molar-refractivity contribution in [1.82, 2.24) is 4.98 Å². The van der Waals surface area contributed by atoms with Crippen LogP contribution in [0.5, 0.6) is 0 Å². The summed E-state index contributed by atoms with van der Waals surface area (Å²) in [6, 6.07) is 6.56. The molecule has 14 heavy (non-hydrogen) atoms. The number of aromatic nitrogens is 1. The van der Waals surface area contributed by atoms with Crippen LogP contribution in [0.3, 0.4) is 0 Å². The lowest BCUT2D eigenvalue weighted by molar-refractivity contribution is 1.11. The number of hydrogen-bond donors (Lipinski definition) is 1. The highest BCUT2D eigenvalue weighted by Gasteiger charge is 2.05. The molecule has 2 rings (SSSR count). The predicted molar refractivity (Wildman–Crippen MR) is 64.0 cm³/mol. The normalized spacial score (nSPS) is 11.4. The van der Waals surface area contributed by atoms with E-state index in [1.165, 1.54) is 21.4 Å². The molecule has 0 atom stereocenters. The largest absolute Gasteiger partial charge is 0.360 e. The Labute approximate surface area is 88.9 Å². The summed E-state index contributed by atoms with van der Waals surface area (Å²) in [6.07, 6.45) is 2.11. The molecule has 0 unspecified atom stereocenters. The summed E-state index contributed by atoms with van der Waals surface area (Å²) in [4.78, 5) is 4.67. The van der Waals surface area contributed by atoms with E-state index in [-0.39, 0.29) is 0 Å². The van der Waals surface area contributed by atoms with E-state index >= 15 is 0 Å². The topological polar surface area (TPSA) is 15.8 Å². The fourth-order valence-corrected chi connectivity index (χ4v) is 2.50. The second kappa shape index (κ2) is 3.70. The fourth-order valence-electron chi connectivity index (χ4n) is 1.56. The molecule has 0 aliphatic rings. The number of benzene rings is 1. The Balaban J connectivity index is 2.47. The second-order valence-electron chi connectivity index (χ2n) is 3.87. The van der Waals surface area contributed by atoms with Crippen molar-refractivity contribution in [2.45, 2.75) is 30.9 Å². The minimum Gasteiger partial charge on any atom is -0.360 e. The molecule has 2 aromatic rings. The van der Waals surface area contributed by atoms with Crippen molar-refractivity contribution in [1.29, 1.82) is 0 Å². The quantitative estimate of drug-likeness (QED) is 0.733. The molecular formula is C12H15NS. The maximum atomic E-state index is 3.31. The van der Waals surface area contributed by atoms with E-state index in [1.54, 1.807) is 0 Å². The van der Waals surface area contributed by atoms with Gasteiger partial charge in [0.2, 0.25) is 0 Å². The van der Waals surface area contributed by atoms with Crippen LogP contribution < -0.4 is 0 Å². The Hall–Kier alpha value is -0.890. The third kappa shape index (κ3) is 1.80. The molecule has 0 saturated heterocycles. The number of thioether (sulfide) groups is 1. The molecule has 0 aliphatic heterocycles. The number of nitrogens with one attached hydrogen (secondary N) is 1. The van der Waals surface area contributed by atoms with E-state index in [9.17, 15) is 0 Å². The van der Waals surface area contributed by atoms with Gasteiger partial charge in [0.25, 0.3) is 0 Å². The highest BCUT2D eigenvalue weighted by molar-refractivity contribution is 8.00. The molecule has 0 aliphatic carbocycles. The van der Waals surface area contributed by atoms with Crippen LogP contribution in [-0.4, -0.2) is 10.2 Å². The summed E-state index contributed by atoms with van der Waals surface area (Å²) in [6.45, 7) is 6.56. The third-order valence-electron chi connectivity index (χ3n) is 2.16. The molecule has 2 heteroatoms. The van der Waals surface area contributed by atoms with Gasteiger partial charge in [0.1, 0.15) is 0 Å². The summed E-state index contributed by atoms with van der Waals surface area (Å²) in [5, 5.41) is 1.98. The SMILES string of the molecule is Cc1ccc2c(SC(C)C)c[nH]c2c1. The predicted octanol–water partition coefficient (Wildman–Crippen LogP) is 3.98. The van der Waals surface area contributed by atoms with Gasteiger partial charge in [0, 0.05) is 27.2 Å². The first-order chi connectivity index (χ1) is 6.66. The van der Waals surface area contributed by atoms with Gasteiger partial charge in [0.05, 0.1) is 0 Å². The van der Waals surface area contributed by atoms with Crippen molar-refractivity contribution in [3.05, 3.63) is 30.0 Å². The maximum Gasteiger partial charge on any atom is 0.0468 e. The minimum atomic E-state index is 0.635. The van der Waals surface area contributed by atoms with Crippen molar-refractivity contribution < 1.29 is 0 Å². The van der Waals surface area contributed by atoms with Crippen LogP contribution in [0.25, 0.3) is 10.9 Å². The van der Waals surface area contributed by atoms with Gasteiger partial charge >= 0.3 is 0 Å². The number of aryl methyl sites for hydroxylation is 1. The lowest BCUT2D eigenvalue weighted by atomic mass is 10.2. The first-order valence-electron chi connectivity index (χ1n) is 4.91. The Kier molecular flexibility index (Phi) is 2.55. The number of aromatic amines is 1. The van der Waals surface area contributed by atoms with Crippen molar-refractivity contribution in [3.63, 3.8) is 0 Å². The number of rotatable bonds is 2. The molecule has 0 saturated carbocycles. The van der Waals surface area contributed by atoms with E-state index in [0.29, 0.717) is 5.25 Å². The van der Waals surface area contributed by atoms with Crippen LogP contribution in [0.15, 0.2) is 29.3 Å². The van der Waals surface area contributed by atoms with Gasteiger partial charge in [-0.05, 0) is 18.6 Å². The molecule has 74 valence electrons. The molecule has 1 aromatic heterocycles. The van der Waals surface area contributed by atoms with Crippen LogP contribution in [0, 0.1) is 6.92 Å². The monoisotopic (exact) mass is 205 g/mol. The van der Waals surface area contributed by atoms with Crippen LogP contribution in [0.2, 0.25) is 0 Å². The van der Waals surface area contributed by atoms with Gasteiger partial charge < -0.3 is 4.98 Å². The summed E-state index contributed by atoms with van der Waals surface area (Å²) >= 11 is 1.91. The number of H-pyrrole nitrogens is 1. The van der Waals surface area contributed by atoms with Gasteiger partial charge in [-0.3, -0.25) is 0 Å². The zero-order valence-corrected chi connectivity index (χ0v) is 9.61. The Morgan fingerprint density at radius 3 is 2.79 bits per heavy atom. The smallest absolute Gasteiger partial charge is 0.0468 e. The standard InChI is InChI=1S/C12H15NS/c1-8(2)14-12-7-13-11-6-9(3)4-5-10(11)12/h4-8,13H,1-3H3. The maximum absolute atomic E-state index is 3.31. The summed E-state index contributed by atoms with van der Waals surface area (Å²) in [5.74, 6) is 0. The Morgan fingerprint density at radius 2 is 2.07 bits per heavy atom. The summed E-state index contributed by atoms with van der Waals surface area (Å²) < 4.78 is 0. The first kappa shape index (κ1) is 9.66. The Morgan fingerprint density at radius 1 is 1.29 bits per heavy atom. The second-order valence-corrected chi connectivity index (χ2v) is 5.49. The van der Waals surface area contributed by atoms with Crippen LogP contribution in [0.1, 0.15) is 19.4 Å². The van der Waals surface area contributed by atoms with Crippen molar-refractivity contribution in [2.75, 3.05) is 0 Å². The van der Waals surface area contributed by atoms with E-state index in [1.807, 2.05) is 11.8 Å². The zero-order chi connectivity index (χ0) is 10.1. The lowest BCUT2D eigenvalue weighted by Gasteiger charge is -2.02. The van der Waals surface area contributed by atoms with E-state index in [0.717, 1.165) is 0 Å². The van der Waals surface area contributed by atoms with Gasteiger partial charge in [-0.1, -0.05) is 26.0 Å². The minimum absolute atomic E-state index is 0.635. The summed E-state index contributed by atoms with van der Waals surface area (Å²) in [5.41, 5.74) is 2.55. The van der Waals surface area contributed by atoms with Gasteiger partial charge in [-0.25, -0.2) is 0 Å². The lowest BCUT2D eigenvalue weighted by Crippen LogP contribution is -1.84. The average Bonchev–Trinajstić information content (AvgIpc) is 2.47. The third-order valence-corrected chi connectivity index (χ3v) is 3.23. The van der Waals surface area contributed by atoms with Gasteiger partial charge in [-0.15, -0.1) is 11.8 Å². The first-order valence-corrected chi connectivity index (χ1v) is 5.79. The molecule has 1 nitrogen and oxygen atoms in total. The van der Waals surface area contributed by atoms with Gasteiger partial charge in [-0.2, -0.15) is 0 Å². The molecule has 1 heterocycles. The zero-order valence-electron chi connectivity index (χ0n) is 8.79. The highest BCUT2D eigenvalue weighted by Crippen LogP contribution is 2.30. The molecule has 0 radical (unpaired) electrons. The molecule has 1 N–H and O–H groups in total. The van der Waals surface area contributed by atoms with Crippen molar-refractivity contribution in [3.8, 4) is 0 Å². The van der Waals surface area contributed by atoms with E-state index in [2.05, 4.69) is 50.2 Å². The molecule has 0 fully saturated rings. The van der Waals surface area contributed by atoms with Crippen LogP contribution in [-0.2, 0) is 0 Å². The summed E-state index contributed by atoms with van der Waals surface area (Å²) in [7, 11) is 0. The van der Waals surface area contributed by atoms with Crippen molar-refractivity contribution >= 4 is 22.7 Å². The fraction of sp³-hybridized carbons (Fsp3) is 0.333. The molecular weight excluding hydrogens is 190 g/mol. The van der Waals surface area contributed by atoms with E-state index in [4.69, 9.17) is 0 Å². The van der Waals surface area contributed by atoms with Gasteiger partial charge in [0.15, 0.2) is 0 Å². The number of hydrogen-bond acceptors (Lipinski definition) is 1. The van der Waals surface area contributed by atoms with Crippen LogP contribution in [0.4, 0.5) is 0 Å². The van der Waals surface area contributed by atoms with Crippen LogP contribution >= 0.6 is 11.8 Å². The van der Waals surface area contributed by atoms with Crippen molar-refractivity contribution in [2.24, 2.45) is 0 Å².